The molecule has 0 aromatic heterocycles. The fourth-order valence-corrected chi connectivity index (χ4v) is 2.81. The molecular formula is C13H12F2N2O2S. The van der Waals surface area contributed by atoms with Gasteiger partial charge < -0.3 is 5.73 Å². The van der Waals surface area contributed by atoms with Gasteiger partial charge in [0.05, 0.1) is 11.4 Å². The molecule has 0 saturated carbocycles. The quantitative estimate of drug-likeness (QED) is 0.852. The van der Waals surface area contributed by atoms with Gasteiger partial charge in [-0.1, -0.05) is 12.1 Å². The molecule has 106 valence electrons. The second-order valence-electron chi connectivity index (χ2n) is 4.23. The lowest BCUT2D eigenvalue weighted by Gasteiger charge is -2.09. The summed E-state index contributed by atoms with van der Waals surface area (Å²) < 4.78 is 52.0. The zero-order valence-electron chi connectivity index (χ0n) is 10.3. The first-order valence-electron chi connectivity index (χ1n) is 5.66. The maximum Gasteiger partial charge on any atom is 0.237 e. The van der Waals surface area contributed by atoms with E-state index in [0.29, 0.717) is 17.3 Å². The molecule has 0 amide bonds. The maximum atomic E-state index is 13.4. The Morgan fingerprint density at radius 3 is 2.30 bits per heavy atom. The van der Waals surface area contributed by atoms with Crippen LogP contribution in [0.1, 0.15) is 5.56 Å². The van der Waals surface area contributed by atoms with Crippen molar-refractivity contribution in [1.29, 1.82) is 0 Å². The van der Waals surface area contributed by atoms with Crippen LogP contribution in [0.2, 0.25) is 0 Å². The lowest BCUT2D eigenvalue weighted by atomic mass is 10.2. The molecule has 0 aliphatic rings. The van der Waals surface area contributed by atoms with E-state index in [4.69, 9.17) is 5.73 Å². The van der Waals surface area contributed by atoms with Crippen LogP contribution in [0.5, 0.6) is 0 Å². The second kappa shape index (κ2) is 5.46. The summed E-state index contributed by atoms with van der Waals surface area (Å²) in [7, 11) is -3.79. The Morgan fingerprint density at radius 2 is 1.70 bits per heavy atom. The number of benzene rings is 2. The van der Waals surface area contributed by atoms with Crippen molar-refractivity contribution in [2.45, 2.75) is 5.75 Å². The summed E-state index contributed by atoms with van der Waals surface area (Å²) in [6, 6.07) is 8.90. The van der Waals surface area contributed by atoms with Crippen molar-refractivity contribution >= 4 is 21.4 Å². The van der Waals surface area contributed by atoms with E-state index in [2.05, 4.69) is 4.72 Å². The van der Waals surface area contributed by atoms with E-state index < -0.39 is 21.7 Å². The zero-order valence-corrected chi connectivity index (χ0v) is 11.1. The van der Waals surface area contributed by atoms with Crippen molar-refractivity contribution in [3.05, 3.63) is 59.7 Å². The number of halogens is 2. The third kappa shape index (κ3) is 3.67. The highest BCUT2D eigenvalue weighted by molar-refractivity contribution is 7.91. The summed E-state index contributed by atoms with van der Waals surface area (Å²) in [6.45, 7) is 0. The number of hydrogen-bond acceptors (Lipinski definition) is 3. The van der Waals surface area contributed by atoms with Crippen molar-refractivity contribution < 1.29 is 17.2 Å². The molecule has 4 nitrogen and oxygen atoms in total. The molecule has 20 heavy (non-hydrogen) atoms. The number of nitrogens with two attached hydrogens (primary N) is 1. The first kappa shape index (κ1) is 14.3. The topological polar surface area (TPSA) is 72.2 Å². The smallest absolute Gasteiger partial charge is 0.237 e. The van der Waals surface area contributed by atoms with Crippen LogP contribution in [0.4, 0.5) is 20.2 Å². The number of anilines is 2. The van der Waals surface area contributed by atoms with Gasteiger partial charge in [-0.3, -0.25) is 4.72 Å². The molecule has 3 N–H and O–H groups in total. The highest BCUT2D eigenvalue weighted by atomic mass is 32.2. The van der Waals surface area contributed by atoms with Crippen molar-refractivity contribution in [2.24, 2.45) is 0 Å². The molecule has 2 aromatic carbocycles. The van der Waals surface area contributed by atoms with Crippen LogP contribution in [0, 0.1) is 11.6 Å². The molecule has 2 aromatic rings. The van der Waals surface area contributed by atoms with Gasteiger partial charge in [0, 0.05) is 11.8 Å². The predicted molar refractivity (Wildman–Crippen MR) is 73.5 cm³/mol. The fourth-order valence-electron chi connectivity index (χ4n) is 1.61. The van der Waals surface area contributed by atoms with Crippen molar-refractivity contribution in [3.63, 3.8) is 0 Å². The van der Waals surface area contributed by atoms with Crippen LogP contribution in [0.25, 0.3) is 0 Å². The summed E-state index contributed by atoms with van der Waals surface area (Å²) in [5.74, 6) is -2.07. The summed E-state index contributed by atoms with van der Waals surface area (Å²) in [5.41, 5.74) is 6.23. The summed E-state index contributed by atoms with van der Waals surface area (Å²) >= 11 is 0. The Bertz CT molecular complexity index is 716. The number of nitrogens with one attached hydrogen (secondary N) is 1. The maximum absolute atomic E-state index is 13.4. The molecule has 0 atom stereocenters. The Hall–Kier alpha value is -2.15. The second-order valence-corrected chi connectivity index (χ2v) is 5.95. The molecule has 7 heteroatoms. The average molecular weight is 298 g/mol. The van der Waals surface area contributed by atoms with Gasteiger partial charge in [-0.15, -0.1) is 0 Å². The van der Waals surface area contributed by atoms with Gasteiger partial charge in [0.2, 0.25) is 10.0 Å². The minimum absolute atomic E-state index is 0.290. The van der Waals surface area contributed by atoms with Gasteiger partial charge >= 0.3 is 0 Å². The van der Waals surface area contributed by atoms with Gasteiger partial charge in [0.1, 0.15) is 11.6 Å². The number of sulfonamides is 1. The van der Waals surface area contributed by atoms with Crippen LogP contribution in [-0.2, 0) is 15.8 Å². The van der Waals surface area contributed by atoms with E-state index in [1.165, 1.54) is 0 Å². The van der Waals surface area contributed by atoms with E-state index in [1.54, 1.807) is 24.3 Å². The molecule has 0 heterocycles. The zero-order chi connectivity index (χ0) is 14.8. The molecule has 0 saturated heterocycles. The molecule has 0 unspecified atom stereocenters. The Morgan fingerprint density at radius 1 is 1.05 bits per heavy atom. The van der Waals surface area contributed by atoms with Crippen LogP contribution in [0.15, 0.2) is 42.5 Å². The normalized spacial score (nSPS) is 11.3. The predicted octanol–water partition coefficient (Wildman–Crippen LogP) is 2.49. The molecule has 0 bridgehead atoms. The molecule has 2 rings (SSSR count). The van der Waals surface area contributed by atoms with Gasteiger partial charge in [-0.05, 0) is 29.8 Å². The highest BCUT2D eigenvalue weighted by Crippen LogP contribution is 2.18. The van der Waals surface area contributed by atoms with E-state index in [-0.39, 0.29) is 11.4 Å². The SMILES string of the molecule is Nc1ccc(CS(=O)(=O)Nc2ccc(F)cc2F)cc1. The minimum Gasteiger partial charge on any atom is -0.399 e. The van der Waals surface area contributed by atoms with Crippen molar-refractivity contribution in [1.82, 2.24) is 0 Å². The Labute approximate surface area is 115 Å². The third-order valence-electron chi connectivity index (χ3n) is 2.53. The summed E-state index contributed by atoms with van der Waals surface area (Å²) in [6.07, 6.45) is 0. The lowest BCUT2D eigenvalue weighted by Crippen LogP contribution is -2.16. The van der Waals surface area contributed by atoms with Gasteiger partial charge in [-0.25, -0.2) is 17.2 Å². The molecule has 0 aliphatic carbocycles. The Kier molecular flexibility index (Phi) is 3.89. The van der Waals surface area contributed by atoms with E-state index in [1.807, 2.05) is 0 Å². The molecule has 0 spiro atoms. The van der Waals surface area contributed by atoms with Crippen molar-refractivity contribution in [2.75, 3.05) is 10.5 Å². The fraction of sp³-hybridized carbons (Fsp3) is 0.0769. The number of nitrogen functional groups attached to an aromatic ring is 1. The summed E-state index contributed by atoms with van der Waals surface area (Å²) in [4.78, 5) is 0. The van der Waals surface area contributed by atoms with Crippen LogP contribution in [-0.4, -0.2) is 8.42 Å². The summed E-state index contributed by atoms with van der Waals surface area (Å²) in [5, 5.41) is 0. The molecule has 0 radical (unpaired) electrons. The van der Waals surface area contributed by atoms with E-state index >= 15 is 0 Å². The van der Waals surface area contributed by atoms with Gasteiger partial charge in [0.15, 0.2) is 0 Å². The first-order chi connectivity index (χ1) is 9.35. The lowest BCUT2D eigenvalue weighted by molar-refractivity contribution is 0.582. The first-order valence-corrected chi connectivity index (χ1v) is 7.31. The van der Waals surface area contributed by atoms with Gasteiger partial charge in [0.25, 0.3) is 0 Å². The molecular weight excluding hydrogens is 286 g/mol. The number of hydrogen-bond donors (Lipinski definition) is 2. The van der Waals surface area contributed by atoms with Crippen molar-refractivity contribution in [3.8, 4) is 0 Å². The van der Waals surface area contributed by atoms with Crippen LogP contribution >= 0.6 is 0 Å². The van der Waals surface area contributed by atoms with E-state index in [0.717, 1.165) is 12.1 Å². The van der Waals surface area contributed by atoms with Crippen LogP contribution < -0.4 is 10.5 Å². The molecule has 0 aliphatic heterocycles. The number of rotatable bonds is 4. The average Bonchev–Trinajstić information content (AvgIpc) is 2.35. The van der Waals surface area contributed by atoms with Crippen LogP contribution in [0.3, 0.4) is 0 Å². The monoisotopic (exact) mass is 298 g/mol. The third-order valence-corrected chi connectivity index (χ3v) is 3.78. The van der Waals surface area contributed by atoms with E-state index in [9.17, 15) is 17.2 Å². The largest absolute Gasteiger partial charge is 0.399 e. The molecule has 0 fully saturated rings. The standard InChI is InChI=1S/C13H12F2N2O2S/c14-10-3-6-13(12(15)7-10)17-20(18,19)8-9-1-4-11(16)5-2-9/h1-7,17H,8,16H2. The minimum atomic E-state index is -3.79. The highest BCUT2D eigenvalue weighted by Gasteiger charge is 2.14. The Balaban J connectivity index is 2.17. The van der Waals surface area contributed by atoms with Gasteiger partial charge in [-0.2, -0.15) is 0 Å².